The second-order valence-corrected chi connectivity index (χ2v) is 8.85. The minimum absolute atomic E-state index is 0.0235. The van der Waals surface area contributed by atoms with E-state index in [9.17, 15) is 26.8 Å². The number of fused-ring (bicyclic) bond motifs is 1. The molecule has 0 spiro atoms. The number of halogens is 2. The molecule has 1 heterocycles. The van der Waals surface area contributed by atoms with E-state index >= 15 is 0 Å². The zero-order valence-corrected chi connectivity index (χ0v) is 17.8. The highest BCUT2D eigenvalue weighted by molar-refractivity contribution is 7.89. The van der Waals surface area contributed by atoms with E-state index in [-0.39, 0.29) is 22.1 Å². The fourth-order valence-electron chi connectivity index (χ4n) is 2.74. The zero-order chi connectivity index (χ0) is 23.5. The summed E-state index contributed by atoms with van der Waals surface area (Å²) in [7, 11) is -3.99. The highest BCUT2D eigenvalue weighted by atomic mass is 32.2. The van der Waals surface area contributed by atoms with Crippen LogP contribution in [0.15, 0.2) is 53.4 Å². The maximum absolute atomic E-state index is 13.1. The van der Waals surface area contributed by atoms with Crippen LogP contribution in [-0.4, -0.2) is 39.2 Å². The molecule has 3 rings (SSSR count). The van der Waals surface area contributed by atoms with Crippen LogP contribution < -0.4 is 19.5 Å². The van der Waals surface area contributed by atoms with Crippen molar-refractivity contribution in [2.75, 3.05) is 11.9 Å². The molecule has 9 nitrogen and oxygen atoms in total. The number of hydrogen-bond acceptors (Lipinski definition) is 7. The average Bonchev–Trinajstić information content (AvgIpc) is 3.04. The molecule has 0 saturated heterocycles. The summed E-state index contributed by atoms with van der Waals surface area (Å²) in [5, 5.41) is 2.36. The predicted molar refractivity (Wildman–Crippen MR) is 108 cm³/mol. The molecular weight excluding hydrogens is 450 g/mol. The summed E-state index contributed by atoms with van der Waals surface area (Å²) in [5.74, 6) is -2.64. The lowest BCUT2D eigenvalue weighted by atomic mass is 10.1. The molecule has 0 bridgehead atoms. The van der Waals surface area contributed by atoms with Crippen LogP contribution in [0, 0.1) is 5.92 Å². The number of amides is 1. The summed E-state index contributed by atoms with van der Waals surface area (Å²) in [4.78, 5) is 24.5. The van der Waals surface area contributed by atoms with E-state index in [1.807, 2.05) is 0 Å². The first kappa shape index (κ1) is 23.4. The normalized spacial score (nSPS) is 15.3. The molecule has 1 aliphatic heterocycles. The number of anilines is 1. The lowest BCUT2D eigenvalue weighted by molar-refractivity contribution is -0.286. The quantitative estimate of drug-likeness (QED) is 0.569. The Morgan fingerprint density at radius 3 is 2.38 bits per heavy atom. The first-order chi connectivity index (χ1) is 15.0. The molecule has 0 aromatic heterocycles. The second-order valence-electron chi connectivity index (χ2n) is 7.14. The van der Waals surface area contributed by atoms with Gasteiger partial charge in [-0.2, -0.15) is 4.72 Å². The molecule has 2 N–H and O–H groups in total. The lowest BCUT2D eigenvalue weighted by Gasteiger charge is -2.20. The number of sulfonamides is 1. The van der Waals surface area contributed by atoms with Crippen molar-refractivity contribution in [1.29, 1.82) is 0 Å². The number of hydrogen-bond donors (Lipinski definition) is 2. The largest absolute Gasteiger partial charge is 0.586 e. The number of ether oxygens (including phenoxy) is 3. The van der Waals surface area contributed by atoms with Crippen LogP contribution in [-0.2, 0) is 24.3 Å². The number of rotatable bonds is 8. The Kier molecular flexibility index (Phi) is 6.65. The van der Waals surface area contributed by atoms with Gasteiger partial charge in [0.2, 0.25) is 10.0 Å². The van der Waals surface area contributed by atoms with Crippen molar-refractivity contribution in [2.24, 2.45) is 5.92 Å². The van der Waals surface area contributed by atoms with Crippen LogP contribution in [0.25, 0.3) is 0 Å². The van der Waals surface area contributed by atoms with Crippen molar-refractivity contribution in [1.82, 2.24) is 4.72 Å². The summed E-state index contributed by atoms with van der Waals surface area (Å²) >= 11 is 0. The van der Waals surface area contributed by atoms with Crippen molar-refractivity contribution in [3.8, 4) is 11.5 Å². The topological polar surface area (TPSA) is 120 Å². The Balaban J connectivity index is 1.58. The molecule has 0 radical (unpaired) electrons. The van der Waals surface area contributed by atoms with Crippen molar-refractivity contribution in [3.05, 3.63) is 48.5 Å². The van der Waals surface area contributed by atoms with Crippen LogP contribution in [0.1, 0.15) is 13.8 Å². The minimum atomic E-state index is -3.99. The number of nitrogens with one attached hydrogen (secondary N) is 2. The van der Waals surface area contributed by atoms with E-state index in [0.29, 0.717) is 0 Å². The van der Waals surface area contributed by atoms with Gasteiger partial charge in [-0.15, -0.1) is 8.78 Å². The first-order valence-electron chi connectivity index (χ1n) is 9.40. The lowest BCUT2D eigenvalue weighted by Crippen LogP contribution is -2.45. The average molecular weight is 470 g/mol. The van der Waals surface area contributed by atoms with E-state index in [0.717, 1.165) is 6.07 Å². The van der Waals surface area contributed by atoms with Crippen molar-refractivity contribution in [3.63, 3.8) is 0 Å². The van der Waals surface area contributed by atoms with E-state index in [2.05, 4.69) is 19.5 Å². The summed E-state index contributed by atoms with van der Waals surface area (Å²) in [5.41, 5.74) is 0.108. The zero-order valence-electron chi connectivity index (χ0n) is 17.0. The Morgan fingerprint density at radius 1 is 1.06 bits per heavy atom. The Labute approximate surface area is 182 Å². The fourth-order valence-corrected chi connectivity index (χ4v) is 4.10. The molecule has 0 saturated carbocycles. The SMILES string of the molecule is CC(C)C(NS(=O)(=O)c1ccccc1)C(=O)OCC(=O)Nc1ccc2c(c1)OC(F)(F)O2. The van der Waals surface area contributed by atoms with Gasteiger partial charge in [0, 0.05) is 11.8 Å². The van der Waals surface area contributed by atoms with Gasteiger partial charge in [0.05, 0.1) is 4.90 Å². The van der Waals surface area contributed by atoms with Gasteiger partial charge in [-0.25, -0.2) is 8.42 Å². The molecule has 2 aromatic carbocycles. The minimum Gasteiger partial charge on any atom is -0.454 e. The summed E-state index contributed by atoms with van der Waals surface area (Å²) < 4.78 is 66.9. The van der Waals surface area contributed by atoms with Gasteiger partial charge in [0.15, 0.2) is 18.1 Å². The van der Waals surface area contributed by atoms with Crippen LogP contribution in [0.5, 0.6) is 11.5 Å². The van der Waals surface area contributed by atoms with Crippen LogP contribution in [0.3, 0.4) is 0 Å². The molecule has 1 atom stereocenters. The molecule has 172 valence electrons. The van der Waals surface area contributed by atoms with Crippen molar-refractivity contribution < 1.29 is 41.0 Å². The smallest absolute Gasteiger partial charge is 0.454 e. The molecule has 32 heavy (non-hydrogen) atoms. The molecule has 12 heteroatoms. The van der Waals surface area contributed by atoms with Gasteiger partial charge >= 0.3 is 12.3 Å². The molecule has 0 fully saturated rings. The second kappa shape index (κ2) is 9.09. The van der Waals surface area contributed by atoms with Gasteiger partial charge in [-0.1, -0.05) is 32.0 Å². The van der Waals surface area contributed by atoms with Crippen molar-refractivity contribution in [2.45, 2.75) is 31.1 Å². The van der Waals surface area contributed by atoms with Gasteiger partial charge < -0.3 is 19.5 Å². The third kappa shape index (κ3) is 5.71. The molecule has 1 aliphatic rings. The molecule has 0 aliphatic carbocycles. The summed E-state index contributed by atoms with van der Waals surface area (Å²) in [6.07, 6.45) is -3.79. The van der Waals surface area contributed by atoms with Crippen LogP contribution in [0.2, 0.25) is 0 Å². The Bertz CT molecular complexity index is 1110. The maximum atomic E-state index is 13.1. The fraction of sp³-hybridized carbons (Fsp3) is 0.300. The number of carbonyl (C=O) groups excluding carboxylic acids is 2. The van der Waals surface area contributed by atoms with Crippen molar-refractivity contribution >= 4 is 27.6 Å². The standard InChI is InChI=1S/C20H20F2N2O7S/c1-12(2)18(24-32(27,28)14-6-4-3-5-7-14)19(26)29-11-17(25)23-13-8-9-15-16(10-13)31-20(21,22)30-15/h3-10,12,18,24H,11H2,1-2H3,(H,23,25). The summed E-state index contributed by atoms with van der Waals surface area (Å²) in [6, 6.07) is 9.86. The van der Waals surface area contributed by atoms with Gasteiger partial charge in [0.25, 0.3) is 5.91 Å². The van der Waals surface area contributed by atoms with E-state index < -0.39 is 46.8 Å². The van der Waals surface area contributed by atoms with E-state index in [1.54, 1.807) is 32.0 Å². The number of alkyl halides is 2. The number of benzene rings is 2. The monoisotopic (exact) mass is 470 g/mol. The molecule has 1 amide bonds. The van der Waals surface area contributed by atoms with E-state index in [1.165, 1.54) is 24.3 Å². The number of esters is 1. The highest BCUT2D eigenvalue weighted by Crippen LogP contribution is 2.42. The Hall–Kier alpha value is -3.25. The van der Waals surface area contributed by atoms with Gasteiger partial charge in [0.1, 0.15) is 6.04 Å². The van der Waals surface area contributed by atoms with Crippen LogP contribution in [0.4, 0.5) is 14.5 Å². The van der Waals surface area contributed by atoms with E-state index in [4.69, 9.17) is 4.74 Å². The number of carbonyl (C=O) groups is 2. The third-order valence-electron chi connectivity index (χ3n) is 4.29. The molecule has 1 unspecified atom stereocenters. The third-order valence-corrected chi connectivity index (χ3v) is 5.74. The molecule has 2 aromatic rings. The maximum Gasteiger partial charge on any atom is 0.586 e. The van der Waals surface area contributed by atoms with Crippen LogP contribution >= 0.6 is 0 Å². The Morgan fingerprint density at radius 2 is 1.72 bits per heavy atom. The van der Waals surface area contributed by atoms with Gasteiger partial charge in [-0.3, -0.25) is 9.59 Å². The first-order valence-corrected chi connectivity index (χ1v) is 10.9. The predicted octanol–water partition coefficient (Wildman–Crippen LogP) is 2.49. The highest BCUT2D eigenvalue weighted by Gasteiger charge is 2.43. The van der Waals surface area contributed by atoms with Gasteiger partial charge in [-0.05, 0) is 30.2 Å². The molecular formula is C20H20F2N2O7S. The summed E-state index contributed by atoms with van der Waals surface area (Å²) in [6.45, 7) is 2.50.